The molecule has 0 bridgehead atoms. The lowest BCUT2D eigenvalue weighted by atomic mass is 10.2. The molecule has 120 valence electrons. The first kappa shape index (κ1) is 18.5. The van der Waals surface area contributed by atoms with E-state index in [0.717, 1.165) is 37.4 Å². The zero-order valence-electron chi connectivity index (χ0n) is 12.1. The number of hydrogen-bond donors (Lipinski definition) is 2. The van der Waals surface area contributed by atoms with Gasteiger partial charge in [-0.2, -0.15) is 0 Å². The molecule has 0 fully saturated rings. The van der Waals surface area contributed by atoms with Crippen LogP contribution in [0.2, 0.25) is 0 Å². The molecule has 1 aromatic carbocycles. The Kier molecular flexibility index (Phi) is 7.38. The minimum absolute atomic E-state index is 0. The average Bonchev–Trinajstić information content (AvgIpc) is 2.77. The van der Waals surface area contributed by atoms with Gasteiger partial charge in [0, 0.05) is 38.8 Å². The number of nitrogens with one attached hydrogen (secondary N) is 2. The van der Waals surface area contributed by atoms with Crippen molar-refractivity contribution in [2.45, 2.75) is 19.5 Å². The molecule has 0 atom stereocenters. The molecule has 0 saturated carbocycles. The van der Waals surface area contributed by atoms with Gasteiger partial charge in [0.25, 0.3) is 5.91 Å². The quantitative estimate of drug-likeness (QED) is 0.894. The van der Waals surface area contributed by atoms with E-state index in [1.807, 2.05) is 36.5 Å². The summed E-state index contributed by atoms with van der Waals surface area (Å²) in [7, 11) is 0. The summed E-state index contributed by atoms with van der Waals surface area (Å²) in [6.45, 7) is 3.24. The summed E-state index contributed by atoms with van der Waals surface area (Å²) in [5.74, 6) is 0.877. The van der Waals surface area contributed by atoms with Gasteiger partial charge >= 0.3 is 0 Å². The smallest absolute Gasteiger partial charge is 0.271 e. The lowest BCUT2D eigenvalue weighted by Crippen LogP contribution is -2.23. The fraction of sp³-hybridized carbons (Fsp3) is 0.333. The van der Waals surface area contributed by atoms with Crippen LogP contribution in [0.5, 0.6) is 0 Å². The number of carbonyl (C=O) groups excluding carboxylic acids is 1. The lowest BCUT2D eigenvalue weighted by Gasteiger charge is -2.03. The number of carbonyl (C=O) groups is 1. The molecule has 1 amide bonds. The third-order valence-electron chi connectivity index (χ3n) is 3.44. The van der Waals surface area contributed by atoms with Crippen LogP contribution in [0.4, 0.5) is 0 Å². The minimum Gasteiger partial charge on any atom is -0.347 e. The van der Waals surface area contributed by atoms with E-state index in [9.17, 15) is 4.79 Å². The highest BCUT2D eigenvalue weighted by atomic mass is 35.5. The molecule has 22 heavy (non-hydrogen) atoms. The first-order valence-electron chi connectivity index (χ1n) is 6.92. The van der Waals surface area contributed by atoms with E-state index in [1.54, 1.807) is 0 Å². The molecule has 1 aliphatic heterocycles. The number of nitrogens with zero attached hydrogens (tertiary/aromatic N) is 2. The largest absolute Gasteiger partial charge is 0.347 e. The molecule has 2 aromatic rings. The lowest BCUT2D eigenvalue weighted by molar-refractivity contribution is 0.0946. The summed E-state index contributed by atoms with van der Waals surface area (Å²) in [6, 6.07) is 9.88. The fourth-order valence-corrected chi connectivity index (χ4v) is 2.35. The summed E-state index contributed by atoms with van der Waals surface area (Å²) in [6.07, 6.45) is 2.72. The van der Waals surface area contributed by atoms with Crippen LogP contribution in [0.15, 0.2) is 36.5 Å². The van der Waals surface area contributed by atoms with Gasteiger partial charge in [0.05, 0.1) is 0 Å². The Bertz CT molecular complexity index is 577. The van der Waals surface area contributed by atoms with E-state index in [4.69, 9.17) is 0 Å². The zero-order valence-corrected chi connectivity index (χ0v) is 13.8. The number of hydrogen-bond acceptors (Lipinski definition) is 3. The molecule has 0 spiro atoms. The van der Waals surface area contributed by atoms with Crippen molar-refractivity contribution in [2.24, 2.45) is 0 Å². The van der Waals surface area contributed by atoms with Crippen molar-refractivity contribution in [1.29, 1.82) is 0 Å². The number of fused-ring (bicyclic) bond motifs is 1. The first-order valence-corrected chi connectivity index (χ1v) is 6.92. The number of amides is 1. The maximum Gasteiger partial charge on any atom is 0.271 e. The summed E-state index contributed by atoms with van der Waals surface area (Å²) in [5.41, 5.74) is 1.60. The summed E-state index contributed by atoms with van der Waals surface area (Å²) >= 11 is 0. The minimum atomic E-state index is -0.109. The molecule has 5 nitrogen and oxygen atoms in total. The van der Waals surface area contributed by atoms with Gasteiger partial charge in [-0.15, -0.1) is 24.8 Å². The number of halogens is 2. The molecule has 0 aliphatic carbocycles. The van der Waals surface area contributed by atoms with E-state index in [-0.39, 0.29) is 30.7 Å². The molecule has 0 unspecified atom stereocenters. The normalized spacial score (nSPS) is 13.1. The van der Waals surface area contributed by atoms with Crippen molar-refractivity contribution >= 4 is 30.7 Å². The molecule has 0 radical (unpaired) electrons. The summed E-state index contributed by atoms with van der Waals surface area (Å²) in [5, 5.41) is 6.22. The standard InChI is InChI=1S/C15H18N4O.2ClH/c20-15(17-10-12-4-2-1-3-5-12)13-11-19-9-8-16-7-6-14(19)18-13;;/h1-5,11,16H,6-10H2,(H,17,20);2*1H. The van der Waals surface area contributed by atoms with Crippen LogP contribution in [-0.2, 0) is 19.5 Å². The third-order valence-corrected chi connectivity index (χ3v) is 3.44. The Labute approximate surface area is 142 Å². The van der Waals surface area contributed by atoms with E-state index in [1.165, 1.54) is 0 Å². The fourth-order valence-electron chi connectivity index (χ4n) is 2.35. The van der Waals surface area contributed by atoms with Gasteiger partial charge in [0.15, 0.2) is 0 Å². The van der Waals surface area contributed by atoms with E-state index >= 15 is 0 Å². The molecule has 3 rings (SSSR count). The highest BCUT2D eigenvalue weighted by Gasteiger charge is 2.15. The summed E-state index contributed by atoms with van der Waals surface area (Å²) in [4.78, 5) is 16.6. The molecule has 2 N–H and O–H groups in total. The molecular weight excluding hydrogens is 323 g/mol. The Morgan fingerprint density at radius 1 is 1.23 bits per heavy atom. The van der Waals surface area contributed by atoms with Gasteiger partial charge < -0.3 is 15.2 Å². The first-order chi connectivity index (χ1) is 9.83. The number of benzene rings is 1. The van der Waals surface area contributed by atoms with Crippen LogP contribution in [0, 0.1) is 0 Å². The number of imidazole rings is 1. The molecule has 7 heteroatoms. The molecular formula is C15H20Cl2N4O. The monoisotopic (exact) mass is 342 g/mol. The Morgan fingerprint density at radius 3 is 2.77 bits per heavy atom. The second-order valence-electron chi connectivity index (χ2n) is 4.90. The van der Waals surface area contributed by atoms with Crippen molar-refractivity contribution in [2.75, 3.05) is 13.1 Å². The Hall–Kier alpha value is -1.56. The van der Waals surface area contributed by atoms with E-state index in [0.29, 0.717) is 12.2 Å². The van der Waals surface area contributed by atoms with Gasteiger partial charge in [-0.3, -0.25) is 4.79 Å². The third kappa shape index (κ3) is 4.47. The Morgan fingerprint density at radius 2 is 2.00 bits per heavy atom. The van der Waals surface area contributed by atoms with Crippen LogP contribution in [0.25, 0.3) is 0 Å². The zero-order chi connectivity index (χ0) is 13.8. The van der Waals surface area contributed by atoms with E-state index < -0.39 is 0 Å². The van der Waals surface area contributed by atoms with Crippen molar-refractivity contribution in [3.05, 3.63) is 53.6 Å². The molecule has 0 saturated heterocycles. The highest BCUT2D eigenvalue weighted by molar-refractivity contribution is 5.92. The second kappa shape index (κ2) is 8.78. The van der Waals surface area contributed by atoms with Crippen LogP contribution in [0.3, 0.4) is 0 Å². The van der Waals surface area contributed by atoms with Gasteiger partial charge in [-0.25, -0.2) is 4.98 Å². The highest BCUT2D eigenvalue weighted by Crippen LogP contribution is 2.07. The second-order valence-corrected chi connectivity index (χ2v) is 4.90. The molecule has 2 heterocycles. The van der Waals surface area contributed by atoms with Crippen LogP contribution >= 0.6 is 24.8 Å². The van der Waals surface area contributed by atoms with Crippen LogP contribution in [0.1, 0.15) is 21.9 Å². The predicted molar refractivity (Wildman–Crippen MR) is 90.9 cm³/mol. The SMILES string of the molecule is Cl.Cl.O=C(NCc1ccccc1)c1cn2c(n1)CCNCC2. The van der Waals surface area contributed by atoms with Crippen LogP contribution < -0.4 is 10.6 Å². The van der Waals surface area contributed by atoms with E-state index in [2.05, 4.69) is 20.2 Å². The predicted octanol–water partition coefficient (Wildman–Crippen LogP) is 1.80. The number of rotatable bonds is 3. The molecule has 1 aliphatic rings. The van der Waals surface area contributed by atoms with Gasteiger partial charge in [0.1, 0.15) is 11.5 Å². The van der Waals surface area contributed by atoms with Crippen molar-refractivity contribution in [3.63, 3.8) is 0 Å². The maximum atomic E-state index is 12.1. The van der Waals surface area contributed by atoms with Crippen molar-refractivity contribution < 1.29 is 4.79 Å². The average molecular weight is 343 g/mol. The van der Waals surface area contributed by atoms with Crippen molar-refractivity contribution in [3.8, 4) is 0 Å². The maximum absolute atomic E-state index is 12.1. The van der Waals surface area contributed by atoms with Gasteiger partial charge in [-0.1, -0.05) is 30.3 Å². The topological polar surface area (TPSA) is 59.0 Å². The van der Waals surface area contributed by atoms with Gasteiger partial charge in [-0.05, 0) is 5.56 Å². The van der Waals surface area contributed by atoms with Crippen LogP contribution in [-0.4, -0.2) is 28.5 Å². The van der Waals surface area contributed by atoms with Gasteiger partial charge in [0.2, 0.25) is 0 Å². The number of aromatic nitrogens is 2. The van der Waals surface area contributed by atoms with Crippen molar-refractivity contribution in [1.82, 2.24) is 20.2 Å². The summed E-state index contributed by atoms with van der Waals surface area (Å²) < 4.78 is 2.07. The molecule has 1 aromatic heterocycles. The Balaban J connectivity index is 0.00000121.